The summed E-state index contributed by atoms with van der Waals surface area (Å²) in [6, 6.07) is 12.8. The highest BCUT2D eigenvalue weighted by Crippen LogP contribution is 2.26. The molecular formula is C22H22ClN5O2S. The Balaban J connectivity index is 1.81. The molecule has 1 atom stereocenters. The lowest BCUT2D eigenvalue weighted by molar-refractivity contribution is 0.0939. The molecule has 0 aliphatic carbocycles. The maximum Gasteiger partial charge on any atom is 0.262 e. The van der Waals surface area contributed by atoms with E-state index in [4.69, 9.17) is 11.6 Å². The summed E-state index contributed by atoms with van der Waals surface area (Å²) in [6.07, 6.45) is 0.833. The Morgan fingerprint density at radius 1 is 1.23 bits per heavy atom. The van der Waals surface area contributed by atoms with Crippen molar-refractivity contribution in [3.05, 3.63) is 69.0 Å². The standard InChI is InChI=1S/C22H22ClN5O2S/c1-4-13(2)24-19(29)15-8-9-17-18(11-15)28-21(27(3)20(17)30)25-26-22(28)31-12-14-6-5-7-16(23)10-14/h5-11,13H,4,12H2,1-3H3,(H,24,29). The van der Waals surface area contributed by atoms with Gasteiger partial charge in [0.15, 0.2) is 5.16 Å². The fourth-order valence-corrected chi connectivity index (χ4v) is 4.37. The summed E-state index contributed by atoms with van der Waals surface area (Å²) in [4.78, 5) is 25.5. The Kier molecular flexibility index (Phi) is 6.02. The Morgan fingerprint density at radius 3 is 2.77 bits per heavy atom. The van der Waals surface area contributed by atoms with Crippen molar-refractivity contribution in [1.29, 1.82) is 0 Å². The van der Waals surface area contributed by atoms with Crippen molar-refractivity contribution in [2.24, 2.45) is 7.05 Å². The molecule has 0 bridgehead atoms. The van der Waals surface area contributed by atoms with Gasteiger partial charge in [0.2, 0.25) is 5.78 Å². The lowest BCUT2D eigenvalue weighted by Crippen LogP contribution is -2.32. The van der Waals surface area contributed by atoms with E-state index < -0.39 is 0 Å². The van der Waals surface area contributed by atoms with Crippen LogP contribution in [0.1, 0.15) is 36.2 Å². The van der Waals surface area contributed by atoms with Crippen LogP contribution in [0.2, 0.25) is 5.02 Å². The van der Waals surface area contributed by atoms with Gasteiger partial charge in [0, 0.05) is 29.4 Å². The molecule has 0 saturated carbocycles. The number of nitrogens with zero attached hydrogens (tertiary/aromatic N) is 4. The van der Waals surface area contributed by atoms with Crippen LogP contribution in [0.5, 0.6) is 0 Å². The van der Waals surface area contributed by atoms with Crippen molar-refractivity contribution in [2.45, 2.75) is 37.2 Å². The number of carbonyl (C=O) groups excluding carboxylic acids is 1. The largest absolute Gasteiger partial charge is 0.350 e. The second-order valence-corrected chi connectivity index (χ2v) is 8.79. The number of nitrogens with one attached hydrogen (secondary N) is 1. The number of aryl methyl sites for hydroxylation is 1. The molecule has 7 nitrogen and oxygen atoms in total. The van der Waals surface area contributed by atoms with Crippen molar-refractivity contribution in [3.8, 4) is 0 Å². The van der Waals surface area contributed by atoms with Gasteiger partial charge in [-0.25, -0.2) is 0 Å². The Bertz CT molecular complexity index is 1350. The summed E-state index contributed by atoms with van der Waals surface area (Å²) in [5.74, 6) is 0.886. The van der Waals surface area contributed by atoms with Crippen LogP contribution >= 0.6 is 23.4 Å². The highest BCUT2D eigenvalue weighted by molar-refractivity contribution is 7.98. The monoisotopic (exact) mass is 455 g/mol. The molecule has 0 aliphatic heterocycles. The molecular weight excluding hydrogens is 434 g/mol. The van der Waals surface area contributed by atoms with E-state index in [9.17, 15) is 9.59 Å². The van der Waals surface area contributed by atoms with Crippen molar-refractivity contribution < 1.29 is 4.79 Å². The van der Waals surface area contributed by atoms with Gasteiger partial charge in [-0.15, -0.1) is 10.2 Å². The second-order valence-electron chi connectivity index (χ2n) is 7.42. The summed E-state index contributed by atoms with van der Waals surface area (Å²) in [5, 5.41) is 13.3. The number of hydrogen-bond donors (Lipinski definition) is 1. The number of fused-ring (bicyclic) bond motifs is 3. The van der Waals surface area contributed by atoms with E-state index in [1.807, 2.05) is 42.5 Å². The van der Waals surface area contributed by atoms with Gasteiger partial charge in [0.05, 0.1) is 10.9 Å². The van der Waals surface area contributed by atoms with E-state index in [2.05, 4.69) is 15.5 Å². The molecule has 2 heterocycles. The van der Waals surface area contributed by atoms with Gasteiger partial charge in [-0.1, -0.05) is 42.4 Å². The van der Waals surface area contributed by atoms with Crippen LogP contribution in [0, 0.1) is 0 Å². The normalized spacial score (nSPS) is 12.4. The minimum atomic E-state index is -0.185. The predicted molar refractivity (Wildman–Crippen MR) is 124 cm³/mol. The molecule has 2 aromatic carbocycles. The van der Waals surface area contributed by atoms with E-state index >= 15 is 0 Å². The van der Waals surface area contributed by atoms with Crippen LogP contribution in [-0.2, 0) is 12.8 Å². The van der Waals surface area contributed by atoms with Crippen LogP contribution in [0.15, 0.2) is 52.4 Å². The second kappa shape index (κ2) is 8.72. The maximum atomic E-state index is 12.8. The SMILES string of the molecule is CCC(C)NC(=O)c1ccc2c(=O)n(C)c3nnc(SCc4cccc(Cl)c4)n3c2c1. The Labute approximate surface area is 188 Å². The fourth-order valence-electron chi connectivity index (χ4n) is 3.28. The van der Waals surface area contributed by atoms with Gasteiger partial charge < -0.3 is 5.32 Å². The van der Waals surface area contributed by atoms with E-state index in [-0.39, 0.29) is 17.5 Å². The first kappa shape index (κ1) is 21.4. The first-order valence-electron chi connectivity index (χ1n) is 9.95. The molecule has 1 amide bonds. The smallest absolute Gasteiger partial charge is 0.262 e. The van der Waals surface area contributed by atoms with Crippen LogP contribution in [-0.4, -0.2) is 31.1 Å². The topological polar surface area (TPSA) is 81.3 Å². The third kappa shape index (κ3) is 4.18. The van der Waals surface area contributed by atoms with Gasteiger partial charge in [-0.2, -0.15) is 0 Å². The zero-order valence-corrected chi connectivity index (χ0v) is 19.0. The highest BCUT2D eigenvalue weighted by atomic mass is 35.5. The molecule has 31 heavy (non-hydrogen) atoms. The van der Waals surface area contributed by atoms with Gasteiger partial charge >= 0.3 is 0 Å². The van der Waals surface area contributed by atoms with Gasteiger partial charge in [0.25, 0.3) is 11.5 Å². The summed E-state index contributed by atoms with van der Waals surface area (Å²) >= 11 is 7.58. The number of carbonyl (C=O) groups is 1. The molecule has 1 unspecified atom stereocenters. The van der Waals surface area contributed by atoms with Gasteiger partial charge in [-0.3, -0.25) is 18.6 Å². The molecule has 4 rings (SSSR count). The molecule has 4 aromatic rings. The number of rotatable bonds is 6. The first-order valence-corrected chi connectivity index (χ1v) is 11.3. The maximum absolute atomic E-state index is 12.8. The molecule has 0 aliphatic rings. The van der Waals surface area contributed by atoms with Crippen LogP contribution in [0.4, 0.5) is 0 Å². The minimum Gasteiger partial charge on any atom is -0.350 e. The lowest BCUT2D eigenvalue weighted by atomic mass is 10.1. The molecule has 160 valence electrons. The number of aromatic nitrogens is 4. The van der Waals surface area contributed by atoms with Crippen molar-refractivity contribution in [2.75, 3.05) is 0 Å². The summed E-state index contributed by atoms with van der Waals surface area (Å²) in [7, 11) is 1.67. The van der Waals surface area contributed by atoms with Crippen molar-refractivity contribution in [3.63, 3.8) is 0 Å². The molecule has 0 radical (unpaired) electrons. The van der Waals surface area contributed by atoms with Gasteiger partial charge in [0.1, 0.15) is 0 Å². The molecule has 0 fully saturated rings. The summed E-state index contributed by atoms with van der Waals surface area (Å²) < 4.78 is 3.30. The molecule has 2 aromatic heterocycles. The van der Waals surface area contributed by atoms with Crippen molar-refractivity contribution >= 4 is 46.0 Å². The number of benzene rings is 2. The molecule has 0 spiro atoms. The molecule has 1 N–H and O–H groups in total. The zero-order chi connectivity index (χ0) is 22.1. The highest BCUT2D eigenvalue weighted by Gasteiger charge is 2.17. The predicted octanol–water partition coefficient (Wildman–Crippen LogP) is 4.06. The first-order chi connectivity index (χ1) is 14.9. The van der Waals surface area contributed by atoms with Gasteiger partial charge in [-0.05, 0) is 49.2 Å². The summed E-state index contributed by atoms with van der Waals surface area (Å²) in [6.45, 7) is 3.97. The third-order valence-electron chi connectivity index (χ3n) is 5.20. The number of hydrogen-bond acceptors (Lipinski definition) is 5. The summed E-state index contributed by atoms with van der Waals surface area (Å²) in [5.41, 5.74) is 1.96. The zero-order valence-electron chi connectivity index (χ0n) is 17.4. The molecule has 0 saturated heterocycles. The van der Waals surface area contributed by atoms with Crippen LogP contribution in [0.3, 0.4) is 0 Å². The van der Waals surface area contributed by atoms with Crippen LogP contribution < -0.4 is 10.9 Å². The quantitative estimate of drug-likeness (QED) is 0.443. The van der Waals surface area contributed by atoms with Crippen LogP contribution in [0.25, 0.3) is 16.7 Å². The Hall–Kier alpha value is -2.84. The number of thioether (sulfide) groups is 1. The minimum absolute atomic E-state index is 0.0607. The van der Waals surface area contributed by atoms with Crippen molar-refractivity contribution in [1.82, 2.24) is 24.5 Å². The van der Waals surface area contributed by atoms with E-state index in [0.29, 0.717) is 38.2 Å². The average Bonchev–Trinajstić information content (AvgIpc) is 3.20. The third-order valence-corrected chi connectivity index (χ3v) is 6.43. The fraction of sp³-hybridized carbons (Fsp3) is 0.273. The van der Waals surface area contributed by atoms with E-state index in [1.165, 1.54) is 16.3 Å². The average molecular weight is 456 g/mol. The number of halogens is 1. The lowest BCUT2D eigenvalue weighted by Gasteiger charge is -2.13. The number of amides is 1. The molecule has 9 heteroatoms. The Morgan fingerprint density at radius 2 is 2.03 bits per heavy atom. The van der Waals surface area contributed by atoms with E-state index in [1.54, 1.807) is 25.2 Å². The van der Waals surface area contributed by atoms with E-state index in [0.717, 1.165) is 12.0 Å².